The number of ether oxygens (including phenoxy) is 1. The molecule has 3 saturated heterocycles. The predicted molar refractivity (Wildman–Crippen MR) is 103 cm³/mol. The van der Waals surface area contributed by atoms with Gasteiger partial charge in [0.15, 0.2) is 5.96 Å². The Balaban J connectivity index is 1.50. The van der Waals surface area contributed by atoms with Gasteiger partial charge in [-0.05, 0) is 50.0 Å². The standard InChI is InChI=1S/C18H32N4O2S/c1-2-19-18(20-14-15-5-12-25-13-6-15)22-9-7-21(8-10-22)17(23)16-4-3-11-24-16/h15-16H,2-14H2,1H3,(H,19,20). The van der Waals surface area contributed by atoms with Gasteiger partial charge >= 0.3 is 0 Å². The fraction of sp³-hybridized carbons (Fsp3) is 0.889. The van der Waals surface area contributed by atoms with Crippen LogP contribution in [0.1, 0.15) is 32.6 Å². The Morgan fingerprint density at radius 3 is 2.52 bits per heavy atom. The number of guanidine groups is 1. The summed E-state index contributed by atoms with van der Waals surface area (Å²) in [5.74, 6) is 4.49. The molecule has 7 heteroatoms. The van der Waals surface area contributed by atoms with Crippen molar-refractivity contribution in [1.82, 2.24) is 15.1 Å². The number of carbonyl (C=O) groups excluding carboxylic acids is 1. The molecule has 3 fully saturated rings. The summed E-state index contributed by atoms with van der Waals surface area (Å²) in [4.78, 5) is 21.6. The van der Waals surface area contributed by atoms with Crippen LogP contribution in [0, 0.1) is 5.92 Å². The fourth-order valence-electron chi connectivity index (χ4n) is 3.69. The van der Waals surface area contributed by atoms with Crippen LogP contribution < -0.4 is 5.32 Å². The first-order valence-corrected chi connectivity index (χ1v) is 10.9. The number of aliphatic imine (C=N–C) groups is 1. The van der Waals surface area contributed by atoms with Crippen LogP contribution in [0.15, 0.2) is 4.99 Å². The van der Waals surface area contributed by atoms with Gasteiger partial charge in [0, 0.05) is 45.9 Å². The fourth-order valence-corrected chi connectivity index (χ4v) is 4.89. The lowest BCUT2D eigenvalue weighted by atomic mass is 10.0. The number of piperazine rings is 1. The largest absolute Gasteiger partial charge is 0.368 e. The van der Waals surface area contributed by atoms with Gasteiger partial charge in [-0.1, -0.05) is 0 Å². The molecule has 0 aromatic rings. The van der Waals surface area contributed by atoms with Gasteiger partial charge in [0.25, 0.3) is 5.91 Å². The third-order valence-corrected chi connectivity index (χ3v) is 6.32. The average molecular weight is 369 g/mol. The molecule has 6 nitrogen and oxygen atoms in total. The van der Waals surface area contributed by atoms with Crippen molar-refractivity contribution in [2.24, 2.45) is 10.9 Å². The molecule has 0 aliphatic carbocycles. The van der Waals surface area contributed by atoms with E-state index in [0.717, 1.165) is 70.6 Å². The van der Waals surface area contributed by atoms with Crippen molar-refractivity contribution in [2.45, 2.75) is 38.7 Å². The quantitative estimate of drug-likeness (QED) is 0.601. The Morgan fingerprint density at radius 2 is 1.88 bits per heavy atom. The van der Waals surface area contributed by atoms with E-state index in [1.165, 1.54) is 24.3 Å². The summed E-state index contributed by atoms with van der Waals surface area (Å²) >= 11 is 2.06. The SMILES string of the molecule is CCNC(=NCC1CCSCC1)N1CCN(C(=O)C2CCCO2)CC1. The van der Waals surface area contributed by atoms with Crippen LogP contribution in [0.2, 0.25) is 0 Å². The van der Waals surface area contributed by atoms with Gasteiger partial charge < -0.3 is 19.9 Å². The zero-order valence-corrected chi connectivity index (χ0v) is 16.2. The predicted octanol–water partition coefficient (Wildman–Crippen LogP) is 1.42. The summed E-state index contributed by atoms with van der Waals surface area (Å²) in [5, 5.41) is 3.43. The Hall–Kier alpha value is -0.950. The number of rotatable bonds is 4. The molecule has 0 radical (unpaired) electrons. The van der Waals surface area contributed by atoms with Crippen molar-refractivity contribution in [2.75, 3.05) is 57.4 Å². The molecular formula is C18H32N4O2S. The van der Waals surface area contributed by atoms with E-state index in [1.807, 2.05) is 4.90 Å². The van der Waals surface area contributed by atoms with E-state index < -0.39 is 0 Å². The van der Waals surface area contributed by atoms with Crippen molar-refractivity contribution in [3.05, 3.63) is 0 Å². The molecule has 0 bridgehead atoms. The molecule has 3 heterocycles. The highest BCUT2D eigenvalue weighted by molar-refractivity contribution is 7.99. The van der Waals surface area contributed by atoms with Gasteiger partial charge in [0.1, 0.15) is 6.10 Å². The lowest BCUT2D eigenvalue weighted by molar-refractivity contribution is -0.142. The van der Waals surface area contributed by atoms with Gasteiger partial charge in [0.2, 0.25) is 0 Å². The molecule has 1 unspecified atom stereocenters. The molecule has 0 spiro atoms. The number of hydrogen-bond donors (Lipinski definition) is 1. The lowest BCUT2D eigenvalue weighted by Gasteiger charge is -2.37. The van der Waals surface area contributed by atoms with Crippen molar-refractivity contribution < 1.29 is 9.53 Å². The normalized spacial score (nSPS) is 26.1. The monoisotopic (exact) mass is 368 g/mol. The summed E-state index contributed by atoms with van der Waals surface area (Å²) in [7, 11) is 0. The first kappa shape index (κ1) is 18.8. The molecule has 1 atom stereocenters. The highest BCUT2D eigenvalue weighted by Gasteiger charge is 2.31. The number of nitrogens with zero attached hydrogens (tertiary/aromatic N) is 3. The smallest absolute Gasteiger partial charge is 0.251 e. The van der Waals surface area contributed by atoms with Crippen molar-refractivity contribution in [3.8, 4) is 0 Å². The summed E-state index contributed by atoms with van der Waals surface area (Å²) in [6, 6.07) is 0. The van der Waals surface area contributed by atoms with Crippen LogP contribution in [0.5, 0.6) is 0 Å². The van der Waals surface area contributed by atoms with Crippen LogP contribution in [0.3, 0.4) is 0 Å². The Morgan fingerprint density at radius 1 is 1.16 bits per heavy atom. The van der Waals surface area contributed by atoms with E-state index in [0.29, 0.717) is 0 Å². The van der Waals surface area contributed by atoms with Crippen molar-refractivity contribution in [1.29, 1.82) is 0 Å². The summed E-state index contributed by atoms with van der Waals surface area (Å²) in [5.41, 5.74) is 0. The second-order valence-electron chi connectivity index (χ2n) is 7.06. The second kappa shape index (κ2) is 9.67. The first-order valence-electron chi connectivity index (χ1n) is 9.79. The zero-order chi connectivity index (χ0) is 17.5. The van der Waals surface area contributed by atoms with Crippen LogP contribution in [-0.2, 0) is 9.53 Å². The van der Waals surface area contributed by atoms with Crippen molar-refractivity contribution in [3.63, 3.8) is 0 Å². The van der Waals surface area contributed by atoms with Gasteiger partial charge in [-0.3, -0.25) is 9.79 Å². The number of thioether (sulfide) groups is 1. The molecule has 3 rings (SSSR count). The van der Waals surface area contributed by atoms with Gasteiger partial charge in [-0.25, -0.2) is 0 Å². The van der Waals surface area contributed by atoms with Gasteiger partial charge in [-0.2, -0.15) is 11.8 Å². The molecule has 142 valence electrons. The summed E-state index contributed by atoms with van der Waals surface area (Å²) in [6.45, 7) is 7.89. The molecule has 0 aromatic carbocycles. The maximum Gasteiger partial charge on any atom is 0.251 e. The van der Waals surface area contributed by atoms with Crippen LogP contribution in [0.4, 0.5) is 0 Å². The minimum absolute atomic E-state index is 0.179. The van der Waals surface area contributed by atoms with E-state index in [9.17, 15) is 4.79 Å². The Kier molecular flexibility index (Phi) is 7.28. The summed E-state index contributed by atoms with van der Waals surface area (Å²) in [6.07, 6.45) is 4.27. The highest BCUT2D eigenvalue weighted by Crippen LogP contribution is 2.23. The molecule has 1 amide bonds. The number of amides is 1. The molecule has 3 aliphatic rings. The molecule has 0 aromatic heterocycles. The molecule has 25 heavy (non-hydrogen) atoms. The molecule has 1 N–H and O–H groups in total. The van der Waals surface area contributed by atoms with Gasteiger partial charge in [0.05, 0.1) is 0 Å². The van der Waals surface area contributed by atoms with E-state index in [4.69, 9.17) is 9.73 Å². The van der Waals surface area contributed by atoms with Gasteiger partial charge in [-0.15, -0.1) is 0 Å². The third kappa shape index (κ3) is 5.26. The topological polar surface area (TPSA) is 57.2 Å². The average Bonchev–Trinajstić information content (AvgIpc) is 3.20. The number of carbonyl (C=O) groups is 1. The lowest BCUT2D eigenvalue weighted by Crippen LogP contribution is -2.55. The van der Waals surface area contributed by atoms with Crippen LogP contribution in [0.25, 0.3) is 0 Å². The number of hydrogen-bond acceptors (Lipinski definition) is 4. The Labute approximate surface area is 155 Å². The maximum atomic E-state index is 12.5. The maximum absolute atomic E-state index is 12.5. The Bertz CT molecular complexity index is 454. The molecule has 0 saturated carbocycles. The van der Waals surface area contributed by atoms with Crippen molar-refractivity contribution >= 4 is 23.6 Å². The minimum Gasteiger partial charge on any atom is -0.368 e. The van der Waals surface area contributed by atoms with Crippen LogP contribution in [-0.4, -0.2) is 85.2 Å². The highest BCUT2D eigenvalue weighted by atomic mass is 32.2. The van der Waals surface area contributed by atoms with E-state index >= 15 is 0 Å². The molecule has 3 aliphatic heterocycles. The van der Waals surface area contributed by atoms with E-state index in [1.54, 1.807) is 0 Å². The molecular weight excluding hydrogens is 336 g/mol. The first-order chi connectivity index (χ1) is 12.3. The van der Waals surface area contributed by atoms with Crippen LogP contribution >= 0.6 is 11.8 Å². The minimum atomic E-state index is -0.197. The second-order valence-corrected chi connectivity index (χ2v) is 8.29. The van der Waals surface area contributed by atoms with E-state index in [-0.39, 0.29) is 12.0 Å². The number of nitrogens with one attached hydrogen (secondary N) is 1. The summed E-state index contributed by atoms with van der Waals surface area (Å²) < 4.78 is 5.54. The zero-order valence-electron chi connectivity index (χ0n) is 15.4. The van der Waals surface area contributed by atoms with E-state index in [2.05, 4.69) is 28.9 Å². The third-order valence-electron chi connectivity index (χ3n) is 5.27.